The third-order valence-corrected chi connectivity index (χ3v) is 5.48. The van der Waals surface area contributed by atoms with Crippen LogP contribution < -0.4 is 20.9 Å². The molecule has 0 aliphatic carbocycles. The maximum absolute atomic E-state index is 12.9. The van der Waals surface area contributed by atoms with Gasteiger partial charge in [-0.15, -0.1) is 0 Å². The molecule has 8 heteroatoms. The molecule has 0 unspecified atom stereocenters. The molecule has 0 radical (unpaired) electrons. The third-order valence-electron chi connectivity index (χ3n) is 4.98. The van der Waals surface area contributed by atoms with Crippen molar-refractivity contribution in [2.45, 2.75) is 26.2 Å². The number of amides is 3. The molecule has 3 rings (SSSR count). The van der Waals surface area contributed by atoms with Gasteiger partial charge in [-0.25, -0.2) is 4.79 Å². The number of hydrogen-bond donors (Lipinski definition) is 3. The summed E-state index contributed by atoms with van der Waals surface area (Å²) in [6, 6.07) is 12.5. The van der Waals surface area contributed by atoms with Gasteiger partial charge in [0.25, 0.3) is 5.91 Å². The maximum atomic E-state index is 12.9. The van der Waals surface area contributed by atoms with Gasteiger partial charge < -0.3 is 25.6 Å². The Bertz CT molecular complexity index is 900. The number of ether oxygens (including phenoxy) is 1. The van der Waals surface area contributed by atoms with Crippen LogP contribution in [0.15, 0.2) is 46.9 Å². The van der Waals surface area contributed by atoms with Crippen molar-refractivity contribution in [3.63, 3.8) is 0 Å². The molecule has 2 aromatic rings. The number of carbonyl (C=O) groups excluding carboxylic acids is 2. The zero-order chi connectivity index (χ0) is 22.1. The van der Waals surface area contributed by atoms with E-state index in [0.29, 0.717) is 36.7 Å². The van der Waals surface area contributed by atoms with E-state index < -0.39 is 0 Å². The molecule has 0 saturated carbocycles. The van der Waals surface area contributed by atoms with Gasteiger partial charge >= 0.3 is 6.03 Å². The first kappa shape index (κ1) is 23.1. The highest BCUT2D eigenvalue weighted by atomic mass is 79.9. The Kier molecular flexibility index (Phi) is 8.73. The Morgan fingerprint density at radius 2 is 1.81 bits per heavy atom. The van der Waals surface area contributed by atoms with Crippen LogP contribution in [0.25, 0.3) is 0 Å². The van der Waals surface area contributed by atoms with Crippen LogP contribution in [0.3, 0.4) is 0 Å². The summed E-state index contributed by atoms with van der Waals surface area (Å²) in [6.45, 7) is 5.64. The predicted molar refractivity (Wildman–Crippen MR) is 128 cm³/mol. The lowest BCUT2D eigenvalue weighted by atomic mass is 10.1. The van der Waals surface area contributed by atoms with Crippen molar-refractivity contribution in [1.82, 2.24) is 5.32 Å². The summed E-state index contributed by atoms with van der Waals surface area (Å²) in [4.78, 5) is 27.6. The van der Waals surface area contributed by atoms with Crippen LogP contribution in [0.2, 0.25) is 0 Å². The molecule has 1 fully saturated rings. The van der Waals surface area contributed by atoms with Gasteiger partial charge in [-0.1, -0.05) is 22.0 Å². The fourth-order valence-corrected chi connectivity index (χ4v) is 3.90. The van der Waals surface area contributed by atoms with Gasteiger partial charge in [-0.2, -0.15) is 0 Å². The van der Waals surface area contributed by atoms with E-state index in [1.807, 2.05) is 43.3 Å². The highest BCUT2D eigenvalue weighted by Crippen LogP contribution is 2.28. The van der Waals surface area contributed by atoms with Crippen LogP contribution in [-0.4, -0.2) is 44.8 Å². The molecule has 0 spiro atoms. The summed E-state index contributed by atoms with van der Waals surface area (Å²) in [5, 5.41) is 8.59. The van der Waals surface area contributed by atoms with Crippen LogP contribution in [0.4, 0.5) is 21.9 Å². The summed E-state index contributed by atoms with van der Waals surface area (Å²) in [5.41, 5.74) is 2.71. The first-order chi connectivity index (χ1) is 15.1. The van der Waals surface area contributed by atoms with Crippen molar-refractivity contribution in [2.24, 2.45) is 0 Å². The van der Waals surface area contributed by atoms with E-state index in [1.165, 1.54) is 0 Å². The van der Waals surface area contributed by atoms with E-state index in [2.05, 4.69) is 36.8 Å². The van der Waals surface area contributed by atoms with Crippen LogP contribution >= 0.6 is 15.9 Å². The Morgan fingerprint density at radius 3 is 2.52 bits per heavy atom. The van der Waals surface area contributed by atoms with Crippen molar-refractivity contribution < 1.29 is 14.3 Å². The zero-order valence-electron chi connectivity index (χ0n) is 17.7. The van der Waals surface area contributed by atoms with Gasteiger partial charge in [0.1, 0.15) is 0 Å². The van der Waals surface area contributed by atoms with Gasteiger partial charge in [0.15, 0.2) is 0 Å². The highest BCUT2D eigenvalue weighted by Gasteiger charge is 2.20. The number of nitrogens with one attached hydrogen (secondary N) is 3. The highest BCUT2D eigenvalue weighted by molar-refractivity contribution is 9.10. The fraction of sp³-hybridized carbons (Fsp3) is 0.391. The minimum absolute atomic E-state index is 0.144. The van der Waals surface area contributed by atoms with Crippen molar-refractivity contribution in [3.05, 3.63) is 52.5 Å². The summed E-state index contributed by atoms with van der Waals surface area (Å²) >= 11 is 3.39. The molecule has 2 aromatic carbocycles. The minimum Gasteiger partial charge on any atom is -0.382 e. The molecular formula is C23H29BrN4O3. The normalized spacial score (nSPS) is 13.2. The average molecular weight is 489 g/mol. The number of urea groups is 1. The molecule has 166 valence electrons. The number of carbonyl (C=O) groups is 2. The van der Waals surface area contributed by atoms with E-state index in [1.54, 1.807) is 6.07 Å². The van der Waals surface area contributed by atoms with Crippen molar-refractivity contribution >= 4 is 44.9 Å². The van der Waals surface area contributed by atoms with Crippen LogP contribution in [0, 0.1) is 0 Å². The van der Waals surface area contributed by atoms with Crippen molar-refractivity contribution in [3.8, 4) is 0 Å². The molecule has 31 heavy (non-hydrogen) atoms. The third kappa shape index (κ3) is 6.97. The second-order valence-corrected chi connectivity index (χ2v) is 8.24. The molecule has 1 aliphatic rings. The molecule has 1 saturated heterocycles. The quantitative estimate of drug-likeness (QED) is 0.440. The molecule has 0 bridgehead atoms. The predicted octanol–water partition coefficient (Wildman–Crippen LogP) is 4.85. The molecule has 3 N–H and O–H groups in total. The number of nitrogens with zero attached hydrogens (tertiary/aromatic N) is 1. The first-order valence-corrected chi connectivity index (χ1v) is 11.4. The number of halogens is 1. The summed E-state index contributed by atoms with van der Waals surface area (Å²) < 4.78 is 6.21. The largest absolute Gasteiger partial charge is 0.382 e. The topological polar surface area (TPSA) is 82.7 Å². The maximum Gasteiger partial charge on any atom is 0.323 e. The lowest BCUT2D eigenvalue weighted by Gasteiger charge is -2.22. The van der Waals surface area contributed by atoms with E-state index in [-0.39, 0.29) is 11.9 Å². The standard InChI is InChI=1S/C23H29BrN4O3/c1-2-31-14-6-11-25-22(29)20-16-19(9-10-21(20)28-12-3-4-13-28)27-23(30)26-18-8-5-7-17(24)15-18/h5,7-10,15-16H,2-4,6,11-14H2,1H3,(H,25,29)(H2,26,27,30). The van der Waals surface area contributed by atoms with Crippen LogP contribution in [-0.2, 0) is 4.74 Å². The molecular weight excluding hydrogens is 460 g/mol. The second-order valence-electron chi connectivity index (χ2n) is 7.32. The van der Waals surface area contributed by atoms with Gasteiger partial charge in [-0.05, 0) is 62.6 Å². The minimum atomic E-state index is -0.366. The number of anilines is 3. The van der Waals surface area contributed by atoms with E-state index in [4.69, 9.17) is 4.74 Å². The zero-order valence-corrected chi connectivity index (χ0v) is 19.3. The molecule has 1 heterocycles. The summed E-state index contributed by atoms with van der Waals surface area (Å²) in [7, 11) is 0. The van der Waals surface area contributed by atoms with E-state index >= 15 is 0 Å². The van der Waals surface area contributed by atoms with Crippen molar-refractivity contribution in [1.29, 1.82) is 0 Å². The Labute approximate surface area is 191 Å². The lowest BCUT2D eigenvalue weighted by molar-refractivity contribution is 0.0944. The molecule has 7 nitrogen and oxygen atoms in total. The number of benzene rings is 2. The second kappa shape index (κ2) is 11.7. The summed E-state index contributed by atoms with van der Waals surface area (Å²) in [5.74, 6) is -0.144. The van der Waals surface area contributed by atoms with Gasteiger partial charge in [-0.3, -0.25) is 4.79 Å². The molecule has 3 amide bonds. The van der Waals surface area contributed by atoms with Gasteiger partial charge in [0, 0.05) is 54.4 Å². The van der Waals surface area contributed by atoms with Gasteiger partial charge in [0.2, 0.25) is 0 Å². The van der Waals surface area contributed by atoms with Crippen LogP contribution in [0.1, 0.15) is 36.5 Å². The Morgan fingerprint density at radius 1 is 1.06 bits per heavy atom. The van der Waals surface area contributed by atoms with Crippen molar-refractivity contribution in [2.75, 3.05) is 48.4 Å². The fourth-order valence-electron chi connectivity index (χ4n) is 3.50. The van der Waals surface area contributed by atoms with E-state index in [0.717, 1.165) is 42.5 Å². The number of hydrogen-bond acceptors (Lipinski definition) is 4. The SMILES string of the molecule is CCOCCCNC(=O)c1cc(NC(=O)Nc2cccc(Br)c2)ccc1N1CCCC1. The first-order valence-electron chi connectivity index (χ1n) is 10.7. The number of rotatable bonds is 9. The van der Waals surface area contributed by atoms with Gasteiger partial charge in [0.05, 0.1) is 5.56 Å². The Hall–Kier alpha value is -2.58. The molecule has 1 aliphatic heterocycles. The average Bonchev–Trinajstić information content (AvgIpc) is 3.28. The lowest BCUT2D eigenvalue weighted by Crippen LogP contribution is -2.29. The smallest absolute Gasteiger partial charge is 0.323 e. The van der Waals surface area contributed by atoms with E-state index in [9.17, 15) is 9.59 Å². The molecule has 0 aromatic heterocycles. The van der Waals surface area contributed by atoms with Crippen LogP contribution in [0.5, 0.6) is 0 Å². The monoisotopic (exact) mass is 488 g/mol. The molecule has 0 atom stereocenters. The Balaban J connectivity index is 1.70. The summed E-state index contributed by atoms with van der Waals surface area (Å²) in [6.07, 6.45) is 2.99.